The molecule has 0 aliphatic carbocycles. The van der Waals surface area contributed by atoms with Gasteiger partial charge in [0.25, 0.3) is 0 Å². The summed E-state index contributed by atoms with van der Waals surface area (Å²) in [5, 5.41) is 26.5. The molecule has 65 heavy (non-hydrogen) atoms. The molecule has 0 amide bonds. The zero-order valence-corrected chi connectivity index (χ0v) is 44.2. The Bertz CT molecular complexity index is 2330. The summed E-state index contributed by atoms with van der Waals surface area (Å²) in [6, 6.07) is 21.8. The van der Waals surface area contributed by atoms with E-state index in [1.807, 2.05) is 36.4 Å². The van der Waals surface area contributed by atoms with Crippen LogP contribution in [0.2, 0.25) is 0 Å². The molecule has 362 valence electrons. The predicted molar refractivity (Wildman–Crippen MR) is 257 cm³/mol. The Kier molecular flexibility index (Phi) is 13.6. The van der Waals surface area contributed by atoms with Crippen LogP contribution in [0.15, 0.2) is 72.8 Å². The van der Waals surface area contributed by atoms with Crippen molar-refractivity contribution in [2.24, 2.45) is 0 Å². The van der Waals surface area contributed by atoms with Crippen molar-refractivity contribution in [3.8, 4) is 0 Å². The van der Waals surface area contributed by atoms with Crippen LogP contribution in [-0.4, -0.2) is 214 Å². The van der Waals surface area contributed by atoms with Crippen LogP contribution >= 0.6 is 30.4 Å². The summed E-state index contributed by atoms with van der Waals surface area (Å²) in [6.07, 6.45) is 0. The molecule has 25 nitrogen and oxygen atoms in total. The Morgan fingerprint density at radius 2 is 0.569 bits per heavy atom. The van der Waals surface area contributed by atoms with Gasteiger partial charge in [-0.15, -0.1) is 0 Å². The molecule has 0 bridgehead atoms. The minimum absolute atomic E-state index is 0.499. The van der Waals surface area contributed by atoms with E-state index in [0.717, 1.165) is 0 Å². The van der Waals surface area contributed by atoms with Crippen molar-refractivity contribution in [1.29, 1.82) is 0 Å². The summed E-state index contributed by atoms with van der Waals surface area (Å²) in [4.78, 5) is 3.75. The molecule has 3 aromatic carbocycles. The van der Waals surface area contributed by atoms with Crippen molar-refractivity contribution in [1.82, 2.24) is 87.5 Å². The van der Waals surface area contributed by atoms with E-state index in [1.165, 1.54) is 14.5 Å². The Hall–Kier alpha value is -3.70. The topological polar surface area (TPSA) is 194 Å². The van der Waals surface area contributed by atoms with Gasteiger partial charge in [-0.05, 0) is 0 Å². The average Bonchev–Trinajstić information content (AvgIpc) is 3.96. The number of aromatic nitrogens is 9. The zero-order chi connectivity index (χ0) is 48.2. The van der Waals surface area contributed by atoms with Crippen LogP contribution in [-0.2, 0) is 17.5 Å². The van der Waals surface area contributed by atoms with Crippen molar-refractivity contribution in [3.05, 3.63) is 72.8 Å². The van der Waals surface area contributed by atoms with Crippen molar-refractivity contribution in [2.45, 2.75) is 0 Å². The first-order chi connectivity index (χ1) is 30.3. The fourth-order valence-electron chi connectivity index (χ4n) is 8.28. The standard InChI is InChI=1S/C36H66N18O7P4/c1-43(2)63(44(3)4,45(5)6,56-52-34-28-22-19-25-31(34)37-40-52)59-62(55,60-64(46(7)8,47(9)10,48(11)12)57-53-35-29-23-20-26-32(35)38-41-53)61-65(49(13)14,50(15)16,51(17)18)58-54-36-30-24-21-27-33(36)39-42-54/h19-30H,1-18H3. The normalized spacial score (nSPS) is 16.3. The van der Waals surface area contributed by atoms with E-state index < -0.39 is 30.4 Å². The van der Waals surface area contributed by atoms with Crippen LogP contribution in [0.3, 0.4) is 0 Å². The second kappa shape index (κ2) is 17.4. The number of benzene rings is 3. The fraction of sp³-hybridized carbons (Fsp3) is 0.500. The second-order valence-electron chi connectivity index (χ2n) is 16.9. The maximum absolute atomic E-state index is 17.8. The van der Waals surface area contributed by atoms with Crippen LogP contribution in [0, 0.1) is 0 Å². The molecule has 0 saturated carbocycles. The van der Waals surface area contributed by atoms with E-state index in [2.05, 4.69) is 30.9 Å². The number of phosphoric acid groups is 1. The number of nitrogens with zero attached hydrogens (tertiary/aromatic N) is 18. The third-order valence-corrected chi connectivity index (χ3v) is 31.0. The second-order valence-corrected chi connectivity index (χ2v) is 32.5. The number of para-hydroxylation sites is 3. The van der Waals surface area contributed by atoms with E-state index in [0.29, 0.717) is 33.1 Å². The molecule has 0 radical (unpaired) electrons. The number of hydrogen-bond donors (Lipinski definition) is 0. The van der Waals surface area contributed by atoms with Crippen LogP contribution < -0.4 is 13.9 Å². The van der Waals surface area contributed by atoms with Gasteiger partial charge in [0.1, 0.15) is 0 Å². The Morgan fingerprint density at radius 1 is 0.369 bits per heavy atom. The summed E-state index contributed by atoms with van der Waals surface area (Å²) >= 11 is 0. The van der Waals surface area contributed by atoms with Crippen LogP contribution in [0.5, 0.6) is 0 Å². The van der Waals surface area contributed by atoms with E-state index >= 15 is 4.57 Å². The number of fused-ring (bicyclic) bond motifs is 3. The Morgan fingerprint density at radius 3 is 0.769 bits per heavy atom. The molecule has 0 N–H and O–H groups in total. The van der Waals surface area contributed by atoms with E-state index in [-0.39, 0.29) is 0 Å². The van der Waals surface area contributed by atoms with E-state index in [1.54, 1.807) is 205 Å². The molecule has 3 aromatic heterocycles. The maximum atomic E-state index is 17.8. The molecular formula is C36H66N18O7P4. The molecule has 0 aliphatic rings. The molecule has 0 spiro atoms. The van der Waals surface area contributed by atoms with Crippen LogP contribution in [0.25, 0.3) is 33.1 Å². The summed E-state index contributed by atoms with van der Waals surface area (Å²) in [5.74, 6) is 0. The zero-order valence-electron chi connectivity index (χ0n) is 40.6. The summed E-state index contributed by atoms with van der Waals surface area (Å²) < 4.78 is 77.4. The van der Waals surface area contributed by atoms with E-state index in [9.17, 15) is 0 Å². The molecule has 0 unspecified atom stereocenters. The Balaban J connectivity index is 1.77. The van der Waals surface area contributed by atoms with Gasteiger partial charge >= 0.3 is 382 Å². The van der Waals surface area contributed by atoms with Crippen molar-refractivity contribution < 1.29 is 31.4 Å². The third kappa shape index (κ3) is 7.32. The van der Waals surface area contributed by atoms with Gasteiger partial charge in [0, 0.05) is 0 Å². The fourth-order valence-corrected chi connectivity index (χ4v) is 28.2. The molecule has 3 heterocycles. The minimum atomic E-state index is -5.56. The van der Waals surface area contributed by atoms with Gasteiger partial charge in [0.2, 0.25) is 0 Å². The van der Waals surface area contributed by atoms with Gasteiger partial charge in [-0.2, -0.15) is 0 Å². The van der Waals surface area contributed by atoms with Crippen molar-refractivity contribution >= 4 is 63.5 Å². The van der Waals surface area contributed by atoms with Crippen LogP contribution in [0.1, 0.15) is 0 Å². The first-order valence-corrected chi connectivity index (χ1v) is 27.5. The predicted octanol–water partition coefficient (Wildman–Crippen LogP) is 4.20. The monoisotopic (exact) mass is 986 g/mol. The summed E-state index contributed by atoms with van der Waals surface area (Å²) in [5.41, 5.74) is 3.10. The van der Waals surface area contributed by atoms with Crippen LogP contribution in [0.4, 0.5) is 0 Å². The molecule has 6 rings (SSSR count). The molecule has 0 fully saturated rings. The van der Waals surface area contributed by atoms with Crippen molar-refractivity contribution in [3.63, 3.8) is 0 Å². The van der Waals surface area contributed by atoms with Gasteiger partial charge in [0.05, 0.1) is 0 Å². The first-order valence-electron chi connectivity index (χ1n) is 20.2. The van der Waals surface area contributed by atoms with Gasteiger partial charge in [-0.3, -0.25) is 0 Å². The summed E-state index contributed by atoms with van der Waals surface area (Å²) in [7, 11) is 10.2. The number of hydrogen-bond acceptors (Lipinski definition) is 22. The molecule has 6 aromatic rings. The van der Waals surface area contributed by atoms with Gasteiger partial charge in [-0.25, -0.2) is 0 Å². The quantitative estimate of drug-likeness (QED) is 0.0931. The molecule has 0 saturated heterocycles. The molecule has 0 atom stereocenters. The Labute approximate surface area is 381 Å². The molecular weight excluding hydrogens is 920 g/mol. The molecule has 29 heteroatoms. The van der Waals surface area contributed by atoms with Gasteiger partial charge in [-0.1, -0.05) is 0 Å². The SMILES string of the molecule is CN(C)P(On1nnc2ccccc21)(OP(=O)(OP(On1nnc2ccccc21)(N(C)C)(N(C)C)N(C)C)OP(On1nnc2ccccc21)(N(C)C)(N(C)C)N(C)C)(N(C)C)N(C)C. The van der Waals surface area contributed by atoms with Gasteiger partial charge < -0.3 is 0 Å². The van der Waals surface area contributed by atoms with Crippen molar-refractivity contribution in [2.75, 3.05) is 127 Å². The number of rotatable bonds is 21. The third-order valence-electron chi connectivity index (χ3n) is 11.5. The average molecular weight is 987 g/mol. The van der Waals surface area contributed by atoms with Gasteiger partial charge in [0.15, 0.2) is 0 Å². The summed E-state index contributed by atoms with van der Waals surface area (Å²) in [6.45, 7) is 0. The first kappa shape index (κ1) is 50.7. The van der Waals surface area contributed by atoms with E-state index in [4.69, 9.17) is 26.8 Å². The molecule has 0 aliphatic heterocycles.